The molecule has 0 fully saturated rings. The maximum atomic E-state index is 10.9. The van der Waals surface area contributed by atoms with Crippen LogP contribution in [0.15, 0.2) is 28.9 Å². The number of hydrogen-bond acceptors (Lipinski definition) is 10. The Kier molecular flexibility index (Phi) is 4.45. The molecule has 11 heteroatoms. The number of hydrogen-bond donors (Lipinski definition) is 4. The van der Waals surface area contributed by atoms with Crippen LogP contribution in [0, 0.1) is 0 Å². The van der Waals surface area contributed by atoms with Gasteiger partial charge in [-0.2, -0.15) is 4.98 Å². The molecule has 2 unspecified atom stereocenters. The SMILES string of the molecule is CC(OCCN1NC(c2ccc3oc(N)nc3c2)c2c(N)ncnc21)C(=O)O. The Hall–Kier alpha value is -3.44. The molecule has 0 spiro atoms. The van der Waals surface area contributed by atoms with E-state index in [4.69, 9.17) is 25.7 Å². The second-order valence-corrected chi connectivity index (χ2v) is 6.34. The highest BCUT2D eigenvalue weighted by molar-refractivity contribution is 5.76. The zero-order valence-corrected chi connectivity index (χ0v) is 15.0. The Morgan fingerprint density at radius 2 is 2.25 bits per heavy atom. The van der Waals surface area contributed by atoms with Crippen molar-refractivity contribution in [3.8, 4) is 0 Å². The summed E-state index contributed by atoms with van der Waals surface area (Å²) in [6, 6.07) is 5.31. The quantitative estimate of drug-likeness (QED) is 0.471. The first kappa shape index (κ1) is 17.9. The van der Waals surface area contributed by atoms with Gasteiger partial charge in [0.1, 0.15) is 17.7 Å². The summed E-state index contributed by atoms with van der Waals surface area (Å²) >= 11 is 0. The number of nitrogens with one attached hydrogen (secondary N) is 1. The molecule has 1 aliphatic heterocycles. The Bertz CT molecular complexity index is 1040. The van der Waals surface area contributed by atoms with Gasteiger partial charge in [-0.1, -0.05) is 6.07 Å². The van der Waals surface area contributed by atoms with Crippen LogP contribution in [0.3, 0.4) is 0 Å². The van der Waals surface area contributed by atoms with E-state index in [9.17, 15) is 4.79 Å². The Balaban J connectivity index is 1.61. The first-order chi connectivity index (χ1) is 13.4. The molecule has 0 aliphatic carbocycles. The van der Waals surface area contributed by atoms with Gasteiger partial charge in [0.25, 0.3) is 6.01 Å². The number of nitrogens with zero attached hydrogens (tertiary/aromatic N) is 4. The molecule has 1 aromatic carbocycles. The molecule has 3 heterocycles. The number of ether oxygens (including phenoxy) is 1. The summed E-state index contributed by atoms with van der Waals surface area (Å²) in [5.74, 6) is -0.0483. The number of fused-ring (bicyclic) bond motifs is 2. The molecule has 6 N–H and O–H groups in total. The van der Waals surface area contributed by atoms with E-state index in [-0.39, 0.29) is 18.7 Å². The normalized spacial score (nSPS) is 17.0. The van der Waals surface area contributed by atoms with E-state index in [0.29, 0.717) is 29.3 Å². The molecule has 2 atom stereocenters. The molecule has 3 aromatic rings. The van der Waals surface area contributed by atoms with Crippen LogP contribution >= 0.6 is 0 Å². The van der Waals surface area contributed by atoms with Gasteiger partial charge in [0, 0.05) is 0 Å². The number of carboxylic acids is 1. The molecule has 0 amide bonds. The van der Waals surface area contributed by atoms with Crippen LogP contribution in [-0.4, -0.2) is 45.3 Å². The van der Waals surface area contributed by atoms with Crippen LogP contribution in [0.2, 0.25) is 0 Å². The second kappa shape index (κ2) is 6.94. The van der Waals surface area contributed by atoms with E-state index >= 15 is 0 Å². The number of nitrogen functional groups attached to an aromatic ring is 2. The zero-order chi connectivity index (χ0) is 19.8. The van der Waals surface area contributed by atoms with Gasteiger partial charge >= 0.3 is 5.97 Å². The van der Waals surface area contributed by atoms with Crippen LogP contribution in [0.4, 0.5) is 17.7 Å². The highest BCUT2D eigenvalue weighted by Crippen LogP contribution is 2.38. The molecular formula is C17H19N7O4. The number of benzene rings is 1. The smallest absolute Gasteiger partial charge is 0.332 e. The van der Waals surface area contributed by atoms with Crippen molar-refractivity contribution in [3.05, 3.63) is 35.7 Å². The van der Waals surface area contributed by atoms with E-state index in [1.807, 2.05) is 12.1 Å². The highest BCUT2D eigenvalue weighted by atomic mass is 16.5. The lowest BCUT2D eigenvalue weighted by atomic mass is 10.0. The molecule has 0 saturated heterocycles. The van der Waals surface area contributed by atoms with Crippen LogP contribution in [0.5, 0.6) is 0 Å². The minimum absolute atomic E-state index is 0.0982. The van der Waals surface area contributed by atoms with Gasteiger partial charge in [-0.3, -0.25) is 5.01 Å². The summed E-state index contributed by atoms with van der Waals surface area (Å²) in [4.78, 5) is 23.5. The zero-order valence-electron chi connectivity index (χ0n) is 15.0. The maximum absolute atomic E-state index is 10.9. The van der Waals surface area contributed by atoms with Crippen LogP contribution < -0.4 is 21.9 Å². The van der Waals surface area contributed by atoms with Crippen molar-refractivity contribution in [1.29, 1.82) is 0 Å². The fraction of sp³-hybridized carbons (Fsp3) is 0.294. The van der Waals surface area contributed by atoms with Crippen molar-refractivity contribution in [1.82, 2.24) is 20.4 Å². The van der Waals surface area contributed by atoms with Crippen molar-refractivity contribution in [2.24, 2.45) is 0 Å². The number of rotatable bonds is 6. The van der Waals surface area contributed by atoms with E-state index in [1.165, 1.54) is 13.3 Å². The fourth-order valence-electron chi connectivity index (χ4n) is 3.12. The van der Waals surface area contributed by atoms with Crippen LogP contribution in [0.1, 0.15) is 24.1 Å². The van der Waals surface area contributed by atoms with Crippen molar-refractivity contribution in [3.63, 3.8) is 0 Å². The molecule has 0 bridgehead atoms. The average Bonchev–Trinajstić information content (AvgIpc) is 3.21. The lowest BCUT2D eigenvalue weighted by molar-refractivity contribution is -0.148. The van der Waals surface area contributed by atoms with Crippen LogP contribution in [0.25, 0.3) is 11.1 Å². The highest BCUT2D eigenvalue weighted by Gasteiger charge is 2.33. The molecule has 0 radical (unpaired) electrons. The molecule has 28 heavy (non-hydrogen) atoms. The molecule has 11 nitrogen and oxygen atoms in total. The summed E-state index contributed by atoms with van der Waals surface area (Å²) in [5, 5.41) is 10.7. The van der Waals surface area contributed by atoms with Gasteiger partial charge in [-0.05, 0) is 24.6 Å². The van der Waals surface area contributed by atoms with E-state index in [0.717, 1.165) is 11.1 Å². The van der Waals surface area contributed by atoms with Crippen molar-refractivity contribution >= 4 is 34.7 Å². The topological polar surface area (TPSA) is 166 Å². The molecule has 146 valence electrons. The van der Waals surface area contributed by atoms with E-state index in [2.05, 4.69) is 20.4 Å². The largest absolute Gasteiger partial charge is 0.479 e. The maximum Gasteiger partial charge on any atom is 0.332 e. The monoisotopic (exact) mass is 385 g/mol. The lowest BCUT2D eigenvalue weighted by Crippen LogP contribution is -2.38. The number of aromatic nitrogens is 3. The third-order valence-electron chi connectivity index (χ3n) is 4.51. The third-order valence-corrected chi connectivity index (χ3v) is 4.51. The number of aliphatic carboxylic acids is 1. The van der Waals surface area contributed by atoms with Gasteiger partial charge in [0.05, 0.1) is 24.8 Å². The van der Waals surface area contributed by atoms with E-state index in [1.54, 1.807) is 11.1 Å². The predicted octanol–water partition coefficient (Wildman–Crippen LogP) is 0.686. The summed E-state index contributed by atoms with van der Waals surface area (Å²) in [7, 11) is 0. The van der Waals surface area contributed by atoms with Gasteiger partial charge in [0.15, 0.2) is 17.5 Å². The van der Waals surface area contributed by atoms with Crippen molar-refractivity contribution in [2.75, 3.05) is 29.6 Å². The Morgan fingerprint density at radius 1 is 1.43 bits per heavy atom. The number of nitrogens with two attached hydrogens (primary N) is 2. The first-order valence-corrected chi connectivity index (χ1v) is 8.58. The minimum atomic E-state index is -1.01. The second-order valence-electron chi connectivity index (χ2n) is 6.34. The van der Waals surface area contributed by atoms with Gasteiger partial charge < -0.3 is 25.7 Å². The lowest BCUT2D eigenvalue weighted by Gasteiger charge is -2.20. The van der Waals surface area contributed by atoms with Gasteiger partial charge in [-0.15, -0.1) is 0 Å². The fourth-order valence-corrected chi connectivity index (χ4v) is 3.12. The number of anilines is 3. The predicted molar refractivity (Wildman–Crippen MR) is 100 cm³/mol. The Labute approximate surface area is 159 Å². The standard InChI is InChI=1S/C17H19N7O4/c1-8(16(25)26)27-5-4-24-15-12(14(18)20-7-21-15)13(23-24)9-2-3-11-10(6-9)22-17(19)28-11/h2-3,6-8,13,23H,4-5H2,1H3,(H2,19,22)(H,25,26)(H2,18,20,21). The summed E-state index contributed by atoms with van der Waals surface area (Å²) in [5.41, 5.74) is 17.9. The van der Waals surface area contributed by atoms with Crippen molar-refractivity contribution < 1.29 is 19.1 Å². The number of carbonyl (C=O) groups is 1. The molecular weight excluding hydrogens is 366 g/mol. The first-order valence-electron chi connectivity index (χ1n) is 8.58. The van der Waals surface area contributed by atoms with Gasteiger partial charge in [-0.25, -0.2) is 20.2 Å². The Morgan fingerprint density at radius 3 is 3.04 bits per heavy atom. The van der Waals surface area contributed by atoms with Gasteiger partial charge in [0.2, 0.25) is 0 Å². The summed E-state index contributed by atoms with van der Waals surface area (Å²) in [6.07, 6.45) is 0.487. The molecule has 0 saturated carbocycles. The van der Waals surface area contributed by atoms with Crippen LogP contribution in [-0.2, 0) is 9.53 Å². The van der Waals surface area contributed by atoms with Crippen molar-refractivity contribution in [2.45, 2.75) is 19.1 Å². The number of hydrazine groups is 1. The average molecular weight is 385 g/mol. The summed E-state index contributed by atoms with van der Waals surface area (Å²) in [6.45, 7) is 2.04. The summed E-state index contributed by atoms with van der Waals surface area (Å²) < 4.78 is 10.6. The van der Waals surface area contributed by atoms with E-state index < -0.39 is 12.1 Å². The number of oxazole rings is 1. The molecule has 4 rings (SSSR count). The third kappa shape index (κ3) is 3.17. The number of carboxylic acid groups (broad SMARTS) is 1. The molecule has 2 aromatic heterocycles. The molecule has 1 aliphatic rings. The minimum Gasteiger partial charge on any atom is -0.479 e.